The molecule has 2 atom stereocenters. The number of carbonyl (C=O) groups is 2. The van der Waals surface area contributed by atoms with Crippen molar-refractivity contribution in [3.8, 4) is 0 Å². The van der Waals surface area contributed by atoms with E-state index >= 15 is 0 Å². The van der Waals surface area contributed by atoms with E-state index in [0.717, 1.165) is 12.8 Å². The second kappa shape index (κ2) is 3.75. The molecule has 1 saturated carbocycles. The largest absolute Gasteiger partial charge is 0.444 e. The average molecular weight is 225 g/mol. The van der Waals surface area contributed by atoms with Gasteiger partial charge in [-0.3, -0.25) is 9.69 Å². The number of Topliss-reactive ketones (excluding diaryl/α,β-unsaturated/α-hetero) is 1. The highest BCUT2D eigenvalue weighted by Crippen LogP contribution is 2.33. The van der Waals surface area contributed by atoms with Crippen LogP contribution in [0.2, 0.25) is 0 Å². The molecule has 2 aliphatic heterocycles. The second-order valence-electron chi connectivity index (χ2n) is 5.76. The molecule has 3 aliphatic rings. The number of ether oxygens (including phenoxy) is 1. The first-order valence-corrected chi connectivity index (χ1v) is 5.89. The van der Waals surface area contributed by atoms with Gasteiger partial charge in [0.1, 0.15) is 5.60 Å². The Bertz CT molecular complexity index is 319. The summed E-state index contributed by atoms with van der Waals surface area (Å²) in [6, 6.07) is -0.222. The summed E-state index contributed by atoms with van der Waals surface area (Å²) >= 11 is 0. The topological polar surface area (TPSA) is 46.6 Å². The van der Waals surface area contributed by atoms with Gasteiger partial charge in [-0.1, -0.05) is 0 Å². The second-order valence-corrected chi connectivity index (χ2v) is 5.76. The summed E-state index contributed by atoms with van der Waals surface area (Å²) in [5.74, 6) is 0.554. The van der Waals surface area contributed by atoms with Crippen LogP contribution in [0.1, 0.15) is 40.0 Å². The number of hydrogen-bond donors (Lipinski definition) is 0. The summed E-state index contributed by atoms with van der Waals surface area (Å²) in [7, 11) is 0. The van der Waals surface area contributed by atoms with Crippen LogP contribution in [-0.4, -0.2) is 35.0 Å². The number of piperidine rings is 2. The number of rotatable bonds is 0. The quantitative estimate of drug-likeness (QED) is 0.633. The van der Waals surface area contributed by atoms with Gasteiger partial charge in [0.2, 0.25) is 0 Å². The van der Waals surface area contributed by atoms with Crippen molar-refractivity contribution >= 4 is 11.9 Å². The Balaban J connectivity index is 2.05. The van der Waals surface area contributed by atoms with E-state index in [1.807, 2.05) is 20.8 Å². The lowest BCUT2D eigenvalue weighted by Crippen LogP contribution is -2.56. The molecule has 3 rings (SSSR count). The van der Waals surface area contributed by atoms with E-state index in [-0.39, 0.29) is 17.9 Å². The van der Waals surface area contributed by atoms with Gasteiger partial charge in [-0.05, 0) is 39.5 Å². The smallest absolute Gasteiger partial charge is 0.410 e. The predicted molar refractivity (Wildman–Crippen MR) is 59.1 cm³/mol. The zero-order valence-electron chi connectivity index (χ0n) is 10.2. The minimum atomic E-state index is -0.489. The van der Waals surface area contributed by atoms with Crippen molar-refractivity contribution < 1.29 is 14.3 Å². The summed E-state index contributed by atoms with van der Waals surface area (Å²) in [6.45, 7) is 6.21. The summed E-state index contributed by atoms with van der Waals surface area (Å²) in [5.41, 5.74) is -0.489. The molecule has 0 N–H and O–H groups in total. The molecule has 0 unspecified atom stereocenters. The zero-order chi connectivity index (χ0) is 11.9. The Hall–Kier alpha value is -1.06. The predicted octanol–water partition coefficient (Wildman–Crippen LogP) is 1.97. The number of amides is 1. The van der Waals surface area contributed by atoms with E-state index in [0.29, 0.717) is 18.9 Å². The molecule has 2 saturated heterocycles. The highest BCUT2D eigenvalue weighted by atomic mass is 16.6. The number of ketones is 1. The average Bonchev–Trinajstić information content (AvgIpc) is 2.15. The lowest BCUT2D eigenvalue weighted by molar-refractivity contribution is -0.132. The van der Waals surface area contributed by atoms with Gasteiger partial charge in [0, 0.05) is 13.0 Å². The molecule has 1 aliphatic carbocycles. The fraction of sp³-hybridized carbons (Fsp3) is 0.833. The zero-order valence-corrected chi connectivity index (χ0v) is 10.2. The summed E-state index contributed by atoms with van der Waals surface area (Å²) in [6.07, 6.45) is 2.18. The van der Waals surface area contributed by atoms with Gasteiger partial charge in [-0.15, -0.1) is 0 Å². The fourth-order valence-corrected chi connectivity index (χ4v) is 2.49. The first-order valence-electron chi connectivity index (χ1n) is 5.89. The first kappa shape index (κ1) is 11.4. The third kappa shape index (κ3) is 2.20. The molecular formula is C12H19NO3. The van der Waals surface area contributed by atoms with Crippen molar-refractivity contribution in [2.45, 2.75) is 51.7 Å². The first-order chi connectivity index (χ1) is 7.37. The molecule has 0 aromatic heterocycles. The molecule has 1 amide bonds. The van der Waals surface area contributed by atoms with E-state index in [9.17, 15) is 9.59 Å². The Morgan fingerprint density at radius 1 is 1.38 bits per heavy atom. The van der Waals surface area contributed by atoms with Gasteiger partial charge in [0.25, 0.3) is 0 Å². The Kier molecular flexibility index (Phi) is 2.68. The highest BCUT2D eigenvalue weighted by Gasteiger charge is 2.43. The van der Waals surface area contributed by atoms with Gasteiger partial charge in [0.15, 0.2) is 5.78 Å². The fourth-order valence-electron chi connectivity index (χ4n) is 2.49. The molecule has 4 heteroatoms. The third-order valence-corrected chi connectivity index (χ3v) is 3.17. The SMILES string of the molecule is CC(C)(C)OC(=O)N1C[C@H]2CC[C@@H]1C(=O)C2. The summed E-state index contributed by atoms with van der Waals surface area (Å²) in [4.78, 5) is 25.2. The lowest BCUT2D eigenvalue weighted by Gasteiger charge is -2.44. The third-order valence-electron chi connectivity index (χ3n) is 3.17. The Morgan fingerprint density at radius 3 is 2.56 bits per heavy atom. The summed E-state index contributed by atoms with van der Waals surface area (Å²) in [5, 5.41) is 0. The van der Waals surface area contributed by atoms with Crippen molar-refractivity contribution in [3.63, 3.8) is 0 Å². The highest BCUT2D eigenvalue weighted by molar-refractivity contribution is 5.89. The monoisotopic (exact) mass is 225 g/mol. The molecule has 0 spiro atoms. The maximum Gasteiger partial charge on any atom is 0.410 e. The molecule has 4 nitrogen and oxygen atoms in total. The van der Waals surface area contributed by atoms with Gasteiger partial charge in [-0.2, -0.15) is 0 Å². The molecule has 90 valence electrons. The standard InChI is InChI=1S/C12H19NO3/c1-12(2,3)16-11(15)13-7-8-4-5-9(13)10(14)6-8/h8-9H,4-7H2,1-3H3/t8-,9+/m0/s1. The molecule has 0 aromatic rings. The maximum absolute atomic E-state index is 11.9. The van der Waals surface area contributed by atoms with Crippen molar-refractivity contribution in [3.05, 3.63) is 0 Å². The number of nitrogens with zero attached hydrogens (tertiary/aromatic N) is 1. The molecule has 16 heavy (non-hydrogen) atoms. The van der Waals surface area contributed by atoms with Crippen LogP contribution in [0, 0.1) is 5.92 Å². The van der Waals surface area contributed by atoms with E-state index in [1.165, 1.54) is 0 Å². The number of carbonyl (C=O) groups excluding carboxylic acids is 2. The summed E-state index contributed by atoms with van der Waals surface area (Å²) < 4.78 is 5.31. The van der Waals surface area contributed by atoms with Crippen LogP contribution in [0.25, 0.3) is 0 Å². The van der Waals surface area contributed by atoms with E-state index in [4.69, 9.17) is 4.74 Å². The minimum absolute atomic E-state index is 0.202. The van der Waals surface area contributed by atoms with Crippen LogP contribution in [0.15, 0.2) is 0 Å². The van der Waals surface area contributed by atoms with E-state index in [1.54, 1.807) is 4.90 Å². The van der Waals surface area contributed by atoms with Crippen molar-refractivity contribution in [1.29, 1.82) is 0 Å². The molecule has 2 heterocycles. The van der Waals surface area contributed by atoms with Crippen LogP contribution >= 0.6 is 0 Å². The molecule has 0 radical (unpaired) electrons. The molecule has 2 bridgehead atoms. The maximum atomic E-state index is 11.9. The van der Waals surface area contributed by atoms with Gasteiger partial charge >= 0.3 is 6.09 Å². The van der Waals surface area contributed by atoms with Crippen molar-refractivity contribution in [2.75, 3.05) is 6.54 Å². The van der Waals surface area contributed by atoms with E-state index < -0.39 is 5.60 Å². The lowest BCUT2D eigenvalue weighted by atomic mass is 9.79. The van der Waals surface area contributed by atoms with Crippen LogP contribution < -0.4 is 0 Å². The Labute approximate surface area is 95.9 Å². The van der Waals surface area contributed by atoms with E-state index in [2.05, 4.69) is 0 Å². The Morgan fingerprint density at radius 2 is 2.06 bits per heavy atom. The number of hydrogen-bond acceptors (Lipinski definition) is 3. The van der Waals surface area contributed by atoms with Gasteiger partial charge in [0.05, 0.1) is 6.04 Å². The molecule has 3 fully saturated rings. The van der Waals surface area contributed by atoms with Crippen molar-refractivity contribution in [1.82, 2.24) is 4.90 Å². The normalized spacial score (nSPS) is 29.4. The van der Waals surface area contributed by atoms with Crippen LogP contribution in [0.3, 0.4) is 0 Å². The van der Waals surface area contributed by atoms with Gasteiger partial charge in [-0.25, -0.2) is 4.79 Å². The van der Waals surface area contributed by atoms with Crippen LogP contribution in [-0.2, 0) is 9.53 Å². The minimum Gasteiger partial charge on any atom is -0.444 e. The molecular weight excluding hydrogens is 206 g/mol. The number of fused-ring (bicyclic) bond motifs is 3. The van der Waals surface area contributed by atoms with Crippen molar-refractivity contribution in [2.24, 2.45) is 5.92 Å². The molecule has 0 aromatic carbocycles. The van der Waals surface area contributed by atoms with Gasteiger partial charge < -0.3 is 4.74 Å². The van der Waals surface area contributed by atoms with Crippen LogP contribution in [0.5, 0.6) is 0 Å². The van der Waals surface area contributed by atoms with Crippen LogP contribution in [0.4, 0.5) is 4.79 Å².